The summed E-state index contributed by atoms with van der Waals surface area (Å²) in [5.74, 6) is 1.48. The molecule has 0 atom stereocenters. The Morgan fingerprint density at radius 3 is 2.95 bits per heavy atom. The van der Waals surface area contributed by atoms with Crippen LogP contribution < -0.4 is 16.5 Å². The smallest absolute Gasteiger partial charge is 0.187 e. The summed E-state index contributed by atoms with van der Waals surface area (Å²) in [6.45, 7) is 0.548. The molecule has 2 aliphatic heterocycles. The number of benzene rings is 1. The van der Waals surface area contributed by atoms with Gasteiger partial charge in [-0.2, -0.15) is 10.4 Å². The molecule has 1 aromatic carbocycles. The molecule has 0 unspecified atom stereocenters. The minimum atomic E-state index is 0. The topological polar surface area (TPSA) is 87.8 Å². The average molecular weight is 255 g/mol. The van der Waals surface area contributed by atoms with Gasteiger partial charge in [-0.25, -0.2) is 5.53 Å². The van der Waals surface area contributed by atoms with Gasteiger partial charge in [0.25, 0.3) is 0 Å². The zero-order chi connectivity index (χ0) is 13.1. The van der Waals surface area contributed by atoms with E-state index in [4.69, 9.17) is 5.26 Å². The van der Waals surface area contributed by atoms with Crippen molar-refractivity contribution in [3.05, 3.63) is 47.5 Å². The van der Waals surface area contributed by atoms with Crippen LogP contribution in [-0.2, 0) is 6.54 Å². The van der Waals surface area contributed by atoms with E-state index in [1.165, 1.54) is 0 Å². The highest BCUT2D eigenvalue weighted by Crippen LogP contribution is 2.06. The molecular weight excluding hydrogens is 242 g/mol. The Bertz CT molecular complexity index is 612. The van der Waals surface area contributed by atoms with Crippen LogP contribution in [0.5, 0.6) is 0 Å². The number of amidine groups is 2. The van der Waals surface area contributed by atoms with Gasteiger partial charge < -0.3 is 0 Å². The van der Waals surface area contributed by atoms with E-state index in [9.17, 15) is 0 Å². The van der Waals surface area contributed by atoms with E-state index in [1.54, 1.807) is 17.3 Å². The maximum absolute atomic E-state index is 8.72. The second-order valence-electron chi connectivity index (χ2n) is 3.98. The molecule has 0 bridgehead atoms. The van der Waals surface area contributed by atoms with Gasteiger partial charge in [0.2, 0.25) is 0 Å². The third kappa shape index (κ3) is 2.38. The highest BCUT2D eigenvalue weighted by Gasteiger charge is 2.18. The number of fused-ring (bicyclic) bond motifs is 1. The van der Waals surface area contributed by atoms with Gasteiger partial charge in [-0.05, 0) is 29.8 Å². The third-order valence-electron chi connectivity index (χ3n) is 2.69. The molecule has 1 aromatic rings. The minimum absolute atomic E-state index is 0. The standard InChI is InChI=1S/C12H11N7.H2/c13-7-9-1-3-10(4-2-9)8-14-11-5-6-12-15-17-18-19(12)16-11;/h1-6,17-18H,8H2,(H,14,16);1H. The molecule has 2 aliphatic rings. The fourth-order valence-electron chi connectivity index (χ4n) is 1.69. The van der Waals surface area contributed by atoms with E-state index < -0.39 is 0 Å². The largest absolute Gasteiger partial charge is 0.264 e. The Morgan fingerprint density at radius 1 is 1.32 bits per heavy atom. The van der Waals surface area contributed by atoms with Crippen molar-refractivity contribution in [3.8, 4) is 6.07 Å². The number of hydrazone groups is 1. The predicted molar refractivity (Wildman–Crippen MR) is 72.2 cm³/mol. The lowest BCUT2D eigenvalue weighted by atomic mass is 10.1. The van der Waals surface area contributed by atoms with Crippen molar-refractivity contribution in [1.29, 1.82) is 5.26 Å². The lowest BCUT2D eigenvalue weighted by Crippen LogP contribution is -2.53. The van der Waals surface area contributed by atoms with Crippen LogP contribution in [0.1, 0.15) is 12.6 Å². The Balaban J connectivity index is 0.00000147. The summed E-state index contributed by atoms with van der Waals surface area (Å²) in [6, 6.07) is 9.47. The van der Waals surface area contributed by atoms with Gasteiger partial charge >= 0.3 is 0 Å². The van der Waals surface area contributed by atoms with Crippen LogP contribution in [0, 0.1) is 11.3 Å². The lowest BCUT2D eigenvalue weighted by molar-refractivity contribution is 0.259. The van der Waals surface area contributed by atoms with Gasteiger partial charge in [0, 0.05) is 1.43 Å². The molecule has 96 valence electrons. The number of nitrogens with zero attached hydrogens (tertiary/aromatic N) is 4. The van der Waals surface area contributed by atoms with E-state index >= 15 is 0 Å². The lowest BCUT2D eigenvalue weighted by Gasteiger charge is -2.22. The molecule has 0 saturated heterocycles. The normalized spacial score (nSPS) is 18.4. The number of hydrazine groups is 3. The van der Waals surface area contributed by atoms with Crippen LogP contribution in [0.4, 0.5) is 0 Å². The molecule has 7 heteroatoms. The summed E-state index contributed by atoms with van der Waals surface area (Å²) in [6.07, 6.45) is 3.70. The second kappa shape index (κ2) is 4.80. The zero-order valence-corrected chi connectivity index (χ0v) is 9.96. The predicted octanol–water partition coefficient (Wildman–Crippen LogP) is 0.415. The Morgan fingerprint density at radius 2 is 2.16 bits per heavy atom. The summed E-state index contributed by atoms with van der Waals surface area (Å²) in [5, 5.41) is 14.3. The summed E-state index contributed by atoms with van der Waals surface area (Å²) >= 11 is 0. The van der Waals surface area contributed by atoms with Crippen molar-refractivity contribution in [2.75, 3.05) is 0 Å². The van der Waals surface area contributed by atoms with Crippen molar-refractivity contribution in [1.82, 2.24) is 21.6 Å². The first-order chi connectivity index (χ1) is 9.35. The monoisotopic (exact) mass is 255 g/mol. The third-order valence-corrected chi connectivity index (χ3v) is 2.69. The molecule has 3 rings (SSSR count). The second-order valence-corrected chi connectivity index (χ2v) is 3.98. The maximum Gasteiger partial charge on any atom is 0.187 e. The molecule has 7 nitrogen and oxygen atoms in total. The molecule has 3 N–H and O–H groups in total. The van der Waals surface area contributed by atoms with Crippen molar-refractivity contribution in [3.63, 3.8) is 0 Å². The van der Waals surface area contributed by atoms with Crippen LogP contribution in [0.3, 0.4) is 0 Å². The van der Waals surface area contributed by atoms with Gasteiger partial charge in [0.1, 0.15) is 5.84 Å². The van der Waals surface area contributed by atoms with Crippen molar-refractivity contribution >= 4 is 11.7 Å². The first-order valence-corrected chi connectivity index (χ1v) is 5.72. The quantitative estimate of drug-likeness (QED) is 0.712. The van der Waals surface area contributed by atoms with Gasteiger partial charge in [-0.3, -0.25) is 10.4 Å². The molecule has 0 saturated carbocycles. The molecule has 0 aliphatic carbocycles. The maximum atomic E-state index is 8.72. The Kier molecular flexibility index (Phi) is 2.84. The van der Waals surface area contributed by atoms with Crippen LogP contribution in [0.25, 0.3) is 0 Å². The number of aliphatic imine (C=N–C) groups is 1. The van der Waals surface area contributed by atoms with E-state index in [0.717, 1.165) is 17.2 Å². The summed E-state index contributed by atoms with van der Waals surface area (Å²) < 4.78 is 0. The Labute approximate surface area is 111 Å². The fraction of sp³-hybridized carbons (Fsp3) is 0.0833. The van der Waals surface area contributed by atoms with E-state index in [1.807, 2.05) is 24.3 Å². The van der Waals surface area contributed by atoms with E-state index in [-0.39, 0.29) is 1.43 Å². The Hall–Kier alpha value is -2.85. The molecule has 0 fully saturated rings. The molecule has 2 heterocycles. The van der Waals surface area contributed by atoms with E-state index in [0.29, 0.717) is 12.1 Å². The fourth-order valence-corrected chi connectivity index (χ4v) is 1.69. The average Bonchev–Trinajstić information content (AvgIpc) is 2.93. The van der Waals surface area contributed by atoms with Crippen molar-refractivity contribution in [2.24, 2.45) is 10.1 Å². The summed E-state index contributed by atoms with van der Waals surface area (Å²) in [5.41, 5.74) is 10.2. The van der Waals surface area contributed by atoms with Crippen molar-refractivity contribution < 1.29 is 1.43 Å². The number of hydrogen-bond acceptors (Lipinski definition) is 6. The van der Waals surface area contributed by atoms with Crippen LogP contribution in [-0.4, -0.2) is 16.8 Å². The highest BCUT2D eigenvalue weighted by atomic mass is 15.9. The molecule has 0 amide bonds. The number of nitrogens with one attached hydrogen (secondary N) is 3. The molecule has 0 spiro atoms. The van der Waals surface area contributed by atoms with Gasteiger partial charge in [0.15, 0.2) is 5.84 Å². The molecule has 0 radical (unpaired) electrons. The van der Waals surface area contributed by atoms with Gasteiger partial charge in [-0.15, -0.1) is 10.6 Å². The van der Waals surface area contributed by atoms with Gasteiger partial charge in [0.05, 0.1) is 18.2 Å². The van der Waals surface area contributed by atoms with Crippen LogP contribution >= 0.6 is 0 Å². The first kappa shape index (κ1) is 11.3. The number of hydrogen-bond donors (Lipinski definition) is 3. The zero-order valence-electron chi connectivity index (χ0n) is 9.96. The van der Waals surface area contributed by atoms with Crippen LogP contribution in [0.15, 0.2) is 46.5 Å². The SMILES string of the molecule is N#Cc1ccc(CN=C2C=CC3=NNNN3N2)cc1.[HH]. The van der Waals surface area contributed by atoms with Crippen LogP contribution in [0.2, 0.25) is 0 Å². The van der Waals surface area contributed by atoms with E-state index in [2.05, 4.69) is 32.7 Å². The van der Waals surface area contributed by atoms with Gasteiger partial charge in [-0.1, -0.05) is 12.1 Å². The van der Waals surface area contributed by atoms with Crippen molar-refractivity contribution in [2.45, 2.75) is 6.54 Å². The molecule has 19 heavy (non-hydrogen) atoms. The first-order valence-electron chi connectivity index (χ1n) is 5.72. The minimum Gasteiger partial charge on any atom is -0.264 e. The summed E-state index contributed by atoms with van der Waals surface area (Å²) in [4.78, 5) is 4.44. The summed E-state index contributed by atoms with van der Waals surface area (Å²) in [7, 11) is 0. The molecule has 0 aromatic heterocycles. The number of rotatable bonds is 2. The number of nitriles is 1. The highest BCUT2D eigenvalue weighted by molar-refractivity contribution is 6.06. The molecular formula is C12H13N7.